The molecule has 2 N–H and O–H groups in total. The molecule has 1 aromatic rings. The van der Waals surface area contributed by atoms with E-state index in [1.807, 2.05) is 6.20 Å². The van der Waals surface area contributed by atoms with Crippen molar-refractivity contribution in [2.24, 2.45) is 0 Å². The fourth-order valence-electron chi connectivity index (χ4n) is 1.44. The zero-order chi connectivity index (χ0) is 12.2. The second-order valence-electron chi connectivity index (χ2n) is 5.08. The van der Waals surface area contributed by atoms with E-state index < -0.39 is 5.97 Å². The molecule has 0 saturated heterocycles. The number of aromatic nitrogens is 2. The molecular formula is C12H20N2O2. The first-order valence-electron chi connectivity index (χ1n) is 5.66. The molecule has 0 amide bonds. The van der Waals surface area contributed by atoms with Gasteiger partial charge in [-0.15, -0.1) is 0 Å². The van der Waals surface area contributed by atoms with Gasteiger partial charge in [-0.1, -0.05) is 20.8 Å². The summed E-state index contributed by atoms with van der Waals surface area (Å²) in [6.07, 6.45) is 4.58. The summed E-state index contributed by atoms with van der Waals surface area (Å²) < 4.78 is 0. The van der Waals surface area contributed by atoms with Gasteiger partial charge in [-0.2, -0.15) is 0 Å². The Morgan fingerprint density at radius 3 is 2.62 bits per heavy atom. The number of unbranched alkanes of at least 4 members (excludes halogenated alkanes) is 1. The minimum Gasteiger partial charge on any atom is -0.481 e. The highest BCUT2D eigenvalue weighted by Gasteiger charge is 2.16. The third kappa shape index (κ3) is 4.04. The first-order valence-corrected chi connectivity index (χ1v) is 5.66. The molecule has 0 atom stereocenters. The van der Waals surface area contributed by atoms with Crippen LogP contribution in [0.4, 0.5) is 0 Å². The van der Waals surface area contributed by atoms with E-state index in [1.54, 1.807) is 0 Å². The lowest BCUT2D eigenvalue weighted by Gasteiger charge is -2.13. The number of aliphatic carboxylic acids is 1. The zero-order valence-electron chi connectivity index (χ0n) is 10.2. The van der Waals surface area contributed by atoms with E-state index in [2.05, 4.69) is 30.7 Å². The summed E-state index contributed by atoms with van der Waals surface area (Å²) >= 11 is 0. The molecular weight excluding hydrogens is 204 g/mol. The number of carbonyl (C=O) groups is 1. The quantitative estimate of drug-likeness (QED) is 0.755. The van der Waals surface area contributed by atoms with Crippen molar-refractivity contribution in [1.29, 1.82) is 0 Å². The van der Waals surface area contributed by atoms with E-state index >= 15 is 0 Å². The third-order valence-corrected chi connectivity index (χ3v) is 2.45. The van der Waals surface area contributed by atoms with Gasteiger partial charge in [0.25, 0.3) is 0 Å². The van der Waals surface area contributed by atoms with Crippen LogP contribution >= 0.6 is 0 Å². The Labute approximate surface area is 96.1 Å². The smallest absolute Gasteiger partial charge is 0.303 e. The van der Waals surface area contributed by atoms with Crippen LogP contribution < -0.4 is 0 Å². The zero-order valence-corrected chi connectivity index (χ0v) is 10.2. The molecule has 1 aromatic heterocycles. The highest BCUT2D eigenvalue weighted by molar-refractivity contribution is 5.66. The maximum absolute atomic E-state index is 10.3. The van der Waals surface area contributed by atoms with E-state index in [4.69, 9.17) is 5.11 Å². The van der Waals surface area contributed by atoms with Crippen molar-refractivity contribution in [3.8, 4) is 0 Å². The first kappa shape index (κ1) is 12.7. The Kier molecular flexibility index (Phi) is 4.10. The Morgan fingerprint density at radius 2 is 2.12 bits per heavy atom. The number of aromatic amines is 1. The van der Waals surface area contributed by atoms with Gasteiger partial charge in [0.05, 0.1) is 5.69 Å². The largest absolute Gasteiger partial charge is 0.481 e. The van der Waals surface area contributed by atoms with Crippen molar-refractivity contribution in [3.05, 3.63) is 17.7 Å². The van der Waals surface area contributed by atoms with Crippen molar-refractivity contribution >= 4 is 5.97 Å². The summed E-state index contributed by atoms with van der Waals surface area (Å²) in [4.78, 5) is 18.0. The number of carboxylic acid groups (broad SMARTS) is 1. The van der Waals surface area contributed by atoms with E-state index in [9.17, 15) is 4.79 Å². The number of carboxylic acids is 1. The van der Waals surface area contributed by atoms with Gasteiger partial charge in [-0.05, 0) is 12.8 Å². The Balaban J connectivity index is 2.38. The third-order valence-electron chi connectivity index (χ3n) is 2.45. The SMILES string of the molecule is CC(C)(C)c1c[nH]c(CCCCC(=O)O)n1. The van der Waals surface area contributed by atoms with Crippen LogP contribution in [0.1, 0.15) is 51.6 Å². The molecule has 0 radical (unpaired) electrons. The molecule has 0 aromatic carbocycles. The van der Waals surface area contributed by atoms with Crippen LogP contribution in [0.2, 0.25) is 0 Å². The van der Waals surface area contributed by atoms with Gasteiger partial charge in [0.1, 0.15) is 5.82 Å². The number of hydrogen-bond donors (Lipinski definition) is 2. The molecule has 1 heterocycles. The van der Waals surface area contributed by atoms with Gasteiger partial charge in [0, 0.05) is 24.5 Å². The van der Waals surface area contributed by atoms with Crippen molar-refractivity contribution in [3.63, 3.8) is 0 Å². The number of nitrogens with zero attached hydrogens (tertiary/aromatic N) is 1. The summed E-state index contributed by atoms with van der Waals surface area (Å²) in [7, 11) is 0. The van der Waals surface area contributed by atoms with E-state index in [0.717, 1.165) is 24.4 Å². The number of hydrogen-bond acceptors (Lipinski definition) is 2. The molecule has 0 unspecified atom stereocenters. The minimum absolute atomic E-state index is 0.0653. The number of aryl methyl sites for hydroxylation is 1. The number of nitrogens with one attached hydrogen (secondary N) is 1. The Hall–Kier alpha value is -1.32. The summed E-state index contributed by atoms with van der Waals surface area (Å²) in [5.41, 5.74) is 1.12. The van der Waals surface area contributed by atoms with Crippen LogP contribution in [-0.4, -0.2) is 21.0 Å². The lowest BCUT2D eigenvalue weighted by molar-refractivity contribution is -0.137. The normalized spacial score (nSPS) is 11.7. The second-order valence-corrected chi connectivity index (χ2v) is 5.08. The van der Waals surface area contributed by atoms with Gasteiger partial charge >= 0.3 is 5.97 Å². The van der Waals surface area contributed by atoms with Crippen LogP contribution in [-0.2, 0) is 16.6 Å². The van der Waals surface area contributed by atoms with Crippen molar-refractivity contribution in [2.45, 2.75) is 51.9 Å². The first-order chi connectivity index (χ1) is 7.39. The summed E-state index contributed by atoms with van der Waals surface area (Å²) in [6.45, 7) is 6.37. The van der Waals surface area contributed by atoms with Crippen LogP contribution in [0.5, 0.6) is 0 Å². The number of imidazole rings is 1. The monoisotopic (exact) mass is 224 g/mol. The molecule has 0 bridgehead atoms. The Bertz CT molecular complexity index is 350. The van der Waals surface area contributed by atoms with E-state index in [0.29, 0.717) is 6.42 Å². The van der Waals surface area contributed by atoms with E-state index in [-0.39, 0.29) is 11.8 Å². The van der Waals surface area contributed by atoms with Crippen molar-refractivity contribution < 1.29 is 9.90 Å². The number of H-pyrrole nitrogens is 1. The van der Waals surface area contributed by atoms with Gasteiger partial charge in [-0.3, -0.25) is 4.79 Å². The summed E-state index contributed by atoms with van der Waals surface area (Å²) in [5, 5.41) is 8.50. The highest BCUT2D eigenvalue weighted by atomic mass is 16.4. The van der Waals surface area contributed by atoms with Gasteiger partial charge in [-0.25, -0.2) is 4.98 Å². The molecule has 16 heavy (non-hydrogen) atoms. The molecule has 90 valence electrons. The Morgan fingerprint density at radius 1 is 1.44 bits per heavy atom. The van der Waals surface area contributed by atoms with Gasteiger partial charge in [0.15, 0.2) is 0 Å². The molecule has 0 aliphatic heterocycles. The number of rotatable bonds is 5. The van der Waals surface area contributed by atoms with Crippen LogP contribution in [0.3, 0.4) is 0 Å². The molecule has 1 rings (SSSR count). The summed E-state index contributed by atoms with van der Waals surface area (Å²) in [5.74, 6) is 0.227. The van der Waals surface area contributed by atoms with Crippen LogP contribution in [0.25, 0.3) is 0 Å². The van der Waals surface area contributed by atoms with E-state index in [1.165, 1.54) is 0 Å². The molecule has 0 fully saturated rings. The van der Waals surface area contributed by atoms with Crippen molar-refractivity contribution in [1.82, 2.24) is 9.97 Å². The predicted octanol–water partition coefficient (Wildman–Crippen LogP) is 2.50. The molecule has 0 spiro atoms. The fraction of sp³-hybridized carbons (Fsp3) is 0.667. The maximum atomic E-state index is 10.3. The molecule has 0 saturated carbocycles. The molecule has 4 nitrogen and oxygen atoms in total. The van der Waals surface area contributed by atoms with Gasteiger partial charge < -0.3 is 10.1 Å². The fourth-order valence-corrected chi connectivity index (χ4v) is 1.44. The minimum atomic E-state index is -0.727. The molecule has 4 heteroatoms. The average Bonchev–Trinajstić information content (AvgIpc) is 2.59. The lowest BCUT2D eigenvalue weighted by Crippen LogP contribution is -2.11. The average molecular weight is 224 g/mol. The highest BCUT2D eigenvalue weighted by Crippen LogP contribution is 2.20. The maximum Gasteiger partial charge on any atom is 0.303 e. The summed E-state index contributed by atoms with van der Waals surface area (Å²) in [6, 6.07) is 0. The second kappa shape index (κ2) is 5.14. The van der Waals surface area contributed by atoms with Crippen molar-refractivity contribution in [2.75, 3.05) is 0 Å². The molecule has 0 aliphatic carbocycles. The lowest BCUT2D eigenvalue weighted by atomic mass is 9.93. The predicted molar refractivity (Wildman–Crippen MR) is 62.5 cm³/mol. The topological polar surface area (TPSA) is 66.0 Å². The van der Waals surface area contributed by atoms with Crippen LogP contribution in [0, 0.1) is 0 Å². The van der Waals surface area contributed by atoms with Crippen LogP contribution in [0.15, 0.2) is 6.20 Å². The molecule has 0 aliphatic rings. The van der Waals surface area contributed by atoms with Gasteiger partial charge in [0.2, 0.25) is 0 Å². The standard InChI is InChI=1S/C12H20N2O2/c1-12(2,3)9-8-13-10(14-9)6-4-5-7-11(15)16/h8H,4-7H2,1-3H3,(H,13,14)(H,15,16).